The summed E-state index contributed by atoms with van der Waals surface area (Å²) < 4.78 is 5.36. The molecule has 1 aromatic carbocycles. The number of carbonyl (C=O) groups is 3. The first-order valence-corrected chi connectivity index (χ1v) is 9.21. The van der Waals surface area contributed by atoms with Gasteiger partial charge in [0, 0.05) is 5.56 Å². The Hall–Kier alpha value is -2.37. The molecule has 1 aliphatic carbocycles. The minimum Gasteiger partial charge on any atom is -0.496 e. The van der Waals surface area contributed by atoms with Gasteiger partial charge in [0.25, 0.3) is 0 Å². The first-order valence-electron chi connectivity index (χ1n) is 9.21. The molecular formula is C20H26N2O4. The summed E-state index contributed by atoms with van der Waals surface area (Å²) in [5, 5.41) is 2.88. The molecule has 0 spiro atoms. The number of carbonyl (C=O) groups excluding carboxylic acids is 3. The zero-order chi connectivity index (χ0) is 18.8. The minimum atomic E-state index is -0.332. The molecule has 0 unspecified atom stereocenters. The molecule has 140 valence electrons. The Morgan fingerprint density at radius 2 is 1.85 bits per heavy atom. The lowest BCUT2D eigenvalue weighted by Crippen LogP contribution is -2.41. The van der Waals surface area contributed by atoms with Crippen LogP contribution >= 0.6 is 0 Å². The standard InChI is InChI=1S/C20H26N2O4/c1-12-8-9-17(26-3)16(10-12)13(2)21-18(23)11-22-19(24)14-6-4-5-7-15(14)20(22)25/h8-10,13-15H,4-7,11H2,1-3H3,(H,21,23)/t13-,14-,15-/m0/s1. The third-order valence-corrected chi connectivity index (χ3v) is 5.46. The molecule has 1 aromatic rings. The van der Waals surface area contributed by atoms with E-state index in [2.05, 4.69) is 5.32 Å². The summed E-state index contributed by atoms with van der Waals surface area (Å²) >= 11 is 0. The average molecular weight is 358 g/mol. The summed E-state index contributed by atoms with van der Waals surface area (Å²) in [5.41, 5.74) is 1.93. The molecule has 3 atom stereocenters. The Kier molecular flexibility index (Phi) is 5.30. The highest BCUT2D eigenvalue weighted by Crippen LogP contribution is 2.37. The number of hydrogen-bond donors (Lipinski definition) is 1. The second-order valence-corrected chi connectivity index (χ2v) is 7.29. The van der Waals surface area contributed by atoms with Crippen molar-refractivity contribution in [3.05, 3.63) is 29.3 Å². The van der Waals surface area contributed by atoms with Crippen LogP contribution in [0.25, 0.3) is 0 Å². The molecule has 1 heterocycles. The summed E-state index contributed by atoms with van der Waals surface area (Å²) in [4.78, 5) is 38.6. The maximum atomic E-state index is 12.5. The number of nitrogens with one attached hydrogen (secondary N) is 1. The van der Waals surface area contributed by atoms with E-state index < -0.39 is 0 Å². The van der Waals surface area contributed by atoms with E-state index in [9.17, 15) is 14.4 Å². The molecule has 1 saturated heterocycles. The van der Waals surface area contributed by atoms with Gasteiger partial charge in [-0.25, -0.2) is 0 Å². The van der Waals surface area contributed by atoms with E-state index in [0.717, 1.165) is 41.7 Å². The van der Waals surface area contributed by atoms with Crippen LogP contribution in [0, 0.1) is 18.8 Å². The lowest BCUT2D eigenvalue weighted by atomic mass is 9.81. The summed E-state index contributed by atoms with van der Waals surface area (Å²) in [5.74, 6) is -0.452. The third kappa shape index (κ3) is 3.45. The number of imide groups is 1. The van der Waals surface area contributed by atoms with Gasteiger partial charge in [0.15, 0.2) is 0 Å². The third-order valence-electron chi connectivity index (χ3n) is 5.46. The predicted molar refractivity (Wildman–Crippen MR) is 96.5 cm³/mol. The van der Waals surface area contributed by atoms with Crippen LogP contribution in [0.3, 0.4) is 0 Å². The number of fused-ring (bicyclic) bond motifs is 1. The normalized spacial score (nSPS) is 23.6. The first kappa shape index (κ1) is 18.4. The average Bonchev–Trinajstić information content (AvgIpc) is 2.87. The number of ether oxygens (including phenoxy) is 1. The largest absolute Gasteiger partial charge is 0.496 e. The monoisotopic (exact) mass is 358 g/mol. The van der Waals surface area contributed by atoms with Gasteiger partial charge in [0.05, 0.1) is 25.0 Å². The maximum absolute atomic E-state index is 12.5. The quantitative estimate of drug-likeness (QED) is 0.820. The van der Waals surface area contributed by atoms with Crippen LogP contribution in [0.2, 0.25) is 0 Å². The lowest BCUT2D eigenvalue weighted by Gasteiger charge is -2.20. The molecule has 2 aliphatic rings. The van der Waals surface area contributed by atoms with Crippen LogP contribution in [0.5, 0.6) is 5.75 Å². The Morgan fingerprint density at radius 3 is 2.42 bits per heavy atom. The predicted octanol–water partition coefficient (Wildman–Crippen LogP) is 2.36. The van der Waals surface area contributed by atoms with Crippen LogP contribution in [0.15, 0.2) is 18.2 Å². The number of likely N-dealkylation sites (tertiary alicyclic amines) is 1. The second kappa shape index (κ2) is 7.48. The van der Waals surface area contributed by atoms with E-state index in [4.69, 9.17) is 4.74 Å². The van der Waals surface area contributed by atoms with Gasteiger partial charge in [-0.05, 0) is 32.8 Å². The Morgan fingerprint density at radius 1 is 1.23 bits per heavy atom. The van der Waals surface area contributed by atoms with Crippen molar-refractivity contribution in [1.29, 1.82) is 0 Å². The SMILES string of the molecule is COc1ccc(C)cc1[C@H](C)NC(=O)CN1C(=O)[C@H]2CCCC[C@@H]2C1=O. The van der Waals surface area contributed by atoms with E-state index in [1.165, 1.54) is 0 Å². The number of methoxy groups -OCH3 is 1. The van der Waals surface area contributed by atoms with Gasteiger partial charge in [-0.2, -0.15) is 0 Å². The zero-order valence-corrected chi connectivity index (χ0v) is 15.6. The van der Waals surface area contributed by atoms with Crippen molar-refractivity contribution in [1.82, 2.24) is 10.2 Å². The summed E-state index contributed by atoms with van der Waals surface area (Å²) in [7, 11) is 1.59. The highest BCUT2D eigenvalue weighted by atomic mass is 16.5. The van der Waals surface area contributed by atoms with Gasteiger partial charge >= 0.3 is 0 Å². The highest BCUT2D eigenvalue weighted by Gasteiger charge is 2.48. The molecule has 26 heavy (non-hydrogen) atoms. The minimum absolute atomic E-state index is 0.185. The van der Waals surface area contributed by atoms with Crippen LogP contribution in [0.4, 0.5) is 0 Å². The molecule has 6 nitrogen and oxygen atoms in total. The molecule has 3 rings (SSSR count). The number of hydrogen-bond acceptors (Lipinski definition) is 4. The fourth-order valence-corrected chi connectivity index (χ4v) is 4.09. The van der Waals surface area contributed by atoms with Crippen LogP contribution in [-0.2, 0) is 14.4 Å². The summed E-state index contributed by atoms with van der Waals surface area (Å²) in [6, 6.07) is 5.49. The topological polar surface area (TPSA) is 75.7 Å². The van der Waals surface area contributed by atoms with Gasteiger partial charge in [-0.1, -0.05) is 30.5 Å². The number of aryl methyl sites for hydroxylation is 1. The van der Waals surface area contributed by atoms with Crippen molar-refractivity contribution in [2.45, 2.75) is 45.6 Å². The first-order chi connectivity index (χ1) is 12.4. The van der Waals surface area contributed by atoms with Gasteiger partial charge in [-0.15, -0.1) is 0 Å². The van der Waals surface area contributed by atoms with E-state index >= 15 is 0 Å². The van der Waals surface area contributed by atoms with E-state index in [1.54, 1.807) is 7.11 Å². The van der Waals surface area contributed by atoms with Gasteiger partial charge < -0.3 is 10.1 Å². The molecule has 1 saturated carbocycles. The van der Waals surface area contributed by atoms with E-state index in [1.807, 2.05) is 32.0 Å². The number of amides is 3. The van der Waals surface area contributed by atoms with E-state index in [0.29, 0.717) is 5.75 Å². The molecule has 0 radical (unpaired) electrons. The van der Waals surface area contributed by atoms with E-state index in [-0.39, 0.29) is 42.1 Å². The van der Waals surface area contributed by atoms with Crippen LogP contribution in [0.1, 0.15) is 49.8 Å². The fourth-order valence-electron chi connectivity index (χ4n) is 4.09. The van der Waals surface area contributed by atoms with Crippen molar-refractivity contribution in [3.8, 4) is 5.75 Å². The smallest absolute Gasteiger partial charge is 0.240 e. The van der Waals surface area contributed by atoms with Crippen molar-refractivity contribution < 1.29 is 19.1 Å². The lowest BCUT2D eigenvalue weighted by molar-refractivity contribution is -0.143. The van der Waals surface area contributed by atoms with Crippen LogP contribution < -0.4 is 10.1 Å². The summed E-state index contributed by atoms with van der Waals surface area (Å²) in [6.07, 6.45) is 3.46. The van der Waals surface area contributed by atoms with Gasteiger partial charge in [0.1, 0.15) is 12.3 Å². The molecule has 1 N–H and O–H groups in total. The number of nitrogens with zero attached hydrogens (tertiary/aromatic N) is 1. The zero-order valence-electron chi connectivity index (χ0n) is 15.6. The van der Waals surface area contributed by atoms with Crippen LogP contribution in [-0.4, -0.2) is 36.3 Å². The fraction of sp³-hybridized carbons (Fsp3) is 0.550. The van der Waals surface area contributed by atoms with Crippen molar-refractivity contribution in [2.24, 2.45) is 11.8 Å². The second-order valence-electron chi connectivity index (χ2n) is 7.29. The maximum Gasteiger partial charge on any atom is 0.240 e. The van der Waals surface area contributed by atoms with Gasteiger partial charge in [-0.3, -0.25) is 19.3 Å². The molecule has 3 amide bonds. The van der Waals surface area contributed by atoms with Crippen molar-refractivity contribution >= 4 is 17.7 Å². The van der Waals surface area contributed by atoms with Crippen molar-refractivity contribution in [2.75, 3.05) is 13.7 Å². The molecule has 2 fully saturated rings. The number of rotatable bonds is 5. The molecular weight excluding hydrogens is 332 g/mol. The highest BCUT2D eigenvalue weighted by molar-refractivity contribution is 6.07. The number of benzene rings is 1. The molecule has 1 aliphatic heterocycles. The molecule has 0 aromatic heterocycles. The van der Waals surface area contributed by atoms with Gasteiger partial charge in [0.2, 0.25) is 17.7 Å². The molecule has 0 bridgehead atoms. The molecule has 6 heteroatoms. The Balaban J connectivity index is 1.66. The Bertz CT molecular complexity index is 707. The van der Waals surface area contributed by atoms with Crippen molar-refractivity contribution in [3.63, 3.8) is 0 Å². The summed E-state index contributed by atoms with van der Waals surface area (Å²) in [6.45, 7) is 3.63. The Labute approximate surface area is 153 Å².